The summed E-state index contributed by atoms with van der Waals surface area (Å²) in [4.78, 5) is 12.4. The first-order chi connectivity index (χ1) is 10.7. The zero-order chi connectivity index (χ0) is 15.5. The molecule has 0 spiro atoms. The highest BCUT2D eigenvalue weighted by atomic mass is 16.5. The number of para-hydroxylation sites is 2. The molecule has 1 aromatic heterocycles. The standard InChI is InChI=1S/C18H17NO3/c1-12(14-8-4-6-10-16(14)21-2)19-18(20)17-11-13-7-3-5-9-15(13)22-17/h3-12H,1-2H3,(H,19,20)/t12-/m0/s1. The van der Waals surface area contributed by atoms with E-state index in [1.165, 1.54) is 0 Å². The van der Waals surface area contributed by atoms with E-state index in [-0.39, 0.29) is 11.9 Å². The van der Waals surface area contributed by atoms with Gasteiger partial charge in [-0.15, -0.1) is 0 Å². The van der Waals surface area contributed by atoms with Gasteiger partial charge >= 0.3 is 0 Å². The van der Waals surface area contributed by atoms with Crippen LogP contribution in [0, 0.1) is 0 Å². The Balaban J connectivity index is 1.81. The fourth-order valence-electron chi connectivity index (χ4n) is 2.46. The van der Waals surface area contributed by atoms with Crippen molar-refractivity contribution in [3.8, 4) is 5.75 Å². The van der Waals surface area contributed by atoms with Gasteiger partial charge in [0.1, 0.15) is 11.3 Å². The average molecular weight is 295 g/mol. The molecule has 1 amide bonds. The van der Waals surface area contributed by atoms with Gasteiger partial charge < -0.3 is 14.5 Å². The number of rotatable bonds is 4. The maximum Gasteiger partial charge on any atom is 0.287 e. The summed E-state index contributed by atoms with van der Waals surface area (Å²) in [6, 6.07) is 16.7. The number of ether oxygens (including phenoxy) is 1. The van der Waals surface area contributed by atoms with E-state index >= 15 is 0 Å². The van der Waals surface area contributed by atoms with Gasteiger partial charge in [-0.05, 0) is 25.1 Å². The van der Waals surface area contributed by atoms with Crippen LogP contribution in [0.4, 0.5) is 0 Å². The molecule has 3 rings (SSSR count). The van der Waals surface area contributed by atoms with Crippen molar-refractivity contribution in [1.29, 1.82) is 0 Å². The van der Waals surface area contributed by atoms with Crippen LogP contribution >= 0.6 is 0 Å². The molecule has 0 unspecified atom stereocenters. The van der Waals surface area contributed by atoms with E-state index in [1.54, 1.807) is 13.2 Å². The second-order valence-electron chi connectivity index (χ2n) is 5.09. The number of hydrogen-bond acceptors (Lipinski definition) is 3. The summed E-state index contributed by atoms with van der Waals surface area (Å²) in [7, 11) is 1.62. The summed E-state index contributed by atoms with van der Waals surface area (Å²) >= 11 is 0. The van der Waals surface area contributed by atoms with E-state index in [4.69, 9.17) is 9.15 Å². The average Bonchev–Trinajstić information content (AvgIpc) is 2.99. The fourth-order valence-corrected chi connectivity index (χ4v) is 2.46. The summed E-state index contributed by atoms with van der Waals surface area (Å²) in [5.41, 5.74) is 1.63. The maximum atomic E-state index is 12.4. The minimum atomic E-state index is -0.241. The lowest BCUT2D eigenvalue weighted by Crippen LogP contribution is -2.26. The quantitative estimate of drug-likeness (QED) is 0.793. The Morgan fingerprint density at radius 2 is 1.86 bits per heavy atom. The number of benzene rings is 2. The Bertz CT molecular complexity index is 774. The van der Waals surface area contributed by atoms with Crippen LogP contribution in [0.25, 0.3) is 11.0 Å². The molecule has 1 atom stereocenters. The van der Waals surface area contributed by atoms with Crippen molar-refractivity contribution in [3.63, 3.8) is 0 Å². The molecule has 2 aromatic carbocycles. The van der Waals surface area contributed by atoms with E-state index in [9.17, 15) is 4.79 Å². The molecular formula is C18H17NO3. The lowest BCUT2D eigenvalue weighted by atomic mass is 10.1. The van der Waals surface area contributed by atoms with Crippen molar-refractivity contribution in [1.82, 2.24) is 5.32 Å². The summed E-state index contributed by atoms with van der Waals surface area (Å²) in [5, 5.41) is 3.85. The molecule has 112 valence electrons. The SMILES string of the molecule is COc1ccccc1[C@H](C)NC(=O)c1cc2ccccc2o1. The largest absolute Gasteiger partial charge is 0.496 e. The number of nitrogens with one attached hydrogen (secondary N) is 1. The zero-order valence-electron chi connectivity index (χ0n) is 12.5. The molecule has 4 nitrogen and oxygen atoms in total. The lowest BCUT2D eigenvalue weighted by Gasteiger charge is -2.16. The Morgan fingerprint density at radius 1 is 1.14 bits per heavy atom. The second kappa shape index (κ2) is 5.93. The summed E-state index contributed by atoms with van der Waals surface area (Å²) in [5.74, 6) is 0.817. The molecule has 0 fully saturated rings. The zero-order valence-corrected chi connectivity index (χ0v) is 12.5. The second-order valence-corrected chi connectivity index (χ2v) is 5.09. The lowest BCUT2D eigenvalue weighted by molar-refractivity contribution is 0.0913. The normalized spacial score (nSPS) is 12.1. The van der Waals surface area contributed by atoms with Crippen molar-refractivity contribution < 1.29 is 13.9 Å². The van der Waals surface area contributed by atoms with E-state index in [0.717, 1.165) is 16.7 Å². The van der Waals surface area contributed by atoms with Crippen LogP contribution in [-0.2, 0) is 0 Å². The molecule has 0 aliphatic rings. The molecule has 0 radical (unpaired) electrons. The molecule has 0 bridgehead atoms. The van der Waals surface area contributed by atoms with Crippen molar-refractivity contribution in [3.05, 3.63) is 65.9 Å². The first kappa shape index (κ1) is 14.2. The fraction of sp³-hybridized carbons (Fsp3) is 0.167. The van der Waals surface area contributed by atoms with Gasteiger partial charge in [-0.1, -0.05) is 36.4 Å². The third kappa shape index (κ3) is 2.68. The monoisotopic (exact) mass is 295 g/mol. The van der Waals surface area contributed by atoms with E-state index < -0.39 is 0 Å². The van der Waals surface area contributed by atoms with Gasteiger partial charge in [-0.25, -0.2) is 0 Å². The molecule has 3 aromatic rings. The summed E-state index contributed by atoms with van der Waals surface area (Å²) in [6.45, 7) is 1.92. The van der Waals surface area contributed by atoms with Gasteiger partial charge in [0.2, 0.25) is 0 Å². The van der Waals surface area contributed by atoms with Gasteiger partial charge in [0.15, 0.2) is 5.76 Å². The summed E-state index contributed by atoms with van der Waals surface area (Å²) < 4.78 is 10.9. The molecule has 1 heterocycles. The van der Waals surface area contributed by atoms with E-state index in [1.807, 2.05) is 55.5 Å². The van der Waals surface area contributed by atoms with E-state index in [2.05, 4.69) is 5.32 Å². The van der Waals surface area contributed by atoms with Crippen molar-refractivity contribution >= 4 is 16.9 Å². The van der Waals surface area contributed by atoms with E-state index in [0.29, 0.717) is 11.3 Å². The Labute approximate surface area is 128 Å². The maximum absolute atomic E-state index is 12.4. The summed E-state index contributed by atoms with van der Waals surface area (Å²) in [6.07, 6.45) is 0. The topological polar surface area (TPSA) is 51.5 Å². The molecule has 22 heavy (non-hydrogen) atoms. The van der Waals surface area contributed by atoms with Gasteiger partial charge in [0.25, 0.3) is 5.91 Å². The first-order valence-corrected chi connectivity index (χ1v) is 7.11. The van der Waals surface area contributed by atoms with Crippen LogP contribution in [-0.4, -0.2) is 13.0 Å². The Hall–Kier alpha value is -2.75. The molecule has 0 saturated carbocycles. The predicted molar refractivity (Wildman–Crippen MR) is 85.1 cm³/mol. The highest BCUT2D eigenvalue weighted by Crippen LogP contribution is 2.25. The third-order valence-electron chi connectivity index (χ3n) is 3.60. The molecule has 0 aliphatic carbocycles. The van der Waals surface area contributed by atoms with Gasteiger partial charge in [0.05, 0.1) is 13.2 Å². The van der Waals surface area contributed by atoms with Crippen LogP contribution < -0.4 is 10.1 Å². The van der Waals surface area contributed by atoms with Crippen LogP contribution in [0.2, 0.25) is 0 Å². The number of amides is 1. The van der Waals surface area contributed by atoms with Gasteiger partial charge in [-0.3, -0.25) is 4.79 Å². The van der Waals surface area contributed by atoms with Crippen molar-refractivity contribution in [2.75, 3.05) is 7.11 Å². The van der Waals surface area contributed by atoms with Crippen LogP contribution in [0.3, 0.4) is 0 Å². The number of carbonyl (C=O) groups is 1. The molecule has 4 heteroatoms. The third-order valence-corrected chi connectivity index (χ3v) is 3.60. The highest BCUT2D eigenvalue weighted by molar-refractivity contribution is 5.96. The van der Waals surface area contributed by atoms with Crippen LogP contribution in [0.5, 0.6) is 5.75 Å². The van der Waals surface area contributed by atoms with Crippen LogP contribution in [0.1, 0.15) is 29.1 Å². The number of carbonyl (C=O) groups excluding carboxylic acids is 1. The molecule has 1 N–H and O–H groups in total. The number of fused-ring (bicyclic) bond motifs is 1. The minimum absolute atomic E-state index is 0.183. The first-order valence-electron chi connectivity index (χ1n) is 7.11. The predicted octanol–water partition coefficient (Wildman–Crippen LogP) is 3.93. The molecule has 0 saturated heterocycles. The van der Waals surface area contributed by atoms with Crippen LogP contribution in [0.15, 0.2) is 59.0 Å². The highest BCUT2D eigenvalue weighted by Gasteiger charge is 2.17. The Morgan fingerprint density at radius 3 is 2.64 bits per heavy atom. The number of methoxy groups -OCH3 is 1. The molecular weight excluding hydrogens is 278 g/mol. The van der Waals surface area contributed by atoms with Crippen molar-refractivity contribution in [2.45, 2.75) is 13.0 Å². The van der Waals surface area contributed by atoms with Crippen molar-refractivity contribution in [2.24, 2.45) is 0 Å². The molecule has 0 aliphatic heterocycles. The minimum Gasteiger partial charge on any atom is -0.496 e. The number of furan rings is 1. The van der Waals surface area contributed by atoms with Gasteiger partial charge in [-0.2, -0.15) is 0 Å². The number of hydrogen-bond donors (Lipinski definition) is 1. The smallest absolute Gasteiger partial charge is 0.287 e. The van der Waals surface area contributed by atoms with Gasteiger partial charge in [0, 0.05) is 10.9 Å². The Kier molecular flexibility index (Phi) is 3.83.